The summed E-state index contributed by atoms with van der Waals surface area (Å²) in [5, 5.41) is 4.51. The monoisotopic (exact) mass is 475 g/mol. The molecule has 5 rings (SSSR count). The number of hydrogen-bond donors (Lipinski definition) is 2. The maximum Gasteiger partial charge on any atom is 0.263 e. The average molecular weight is 476 g/mol. The van der Waals surface area contributed by atoms with Crippen molar-refractivity contribution in [3.8, 4) is 22.7 Å². The van der Waals surface area contributed by atoms with E-state index in [0.29, 0.717) is 22.8 Å². The number of pyridine rings is 2. The third-order valence-electron chi connectivity index (χ3n) is 5.74. The molecule has 36 heavy (non-hydrogen) atoms. The highest BCUT2D eigenvalue weighted by Crippen LogP contribution is 2.30. The molecule has 9 heteroatoms. The molecule has 0 aliphatic rings. The molecule has 0 radical (unpaired) electrons. The lowest BCUT2D eigenvalue weighted by Gasteiger charge is -2.17. The van der Waals surface area contributed by atoms with E-state index in [1.807, 2.05) is 66.7 Å². The minimum Gasteiger partial charge on any atom is -0.481 e. The van der Waals surface area contributed by atoms with Crippen molar-refractivity contribution in [2.75, 3.05) is 18.2 Å². The Morgan fingerprint density at radius 2 is 1.92 bits per heavy atom. The number of anilines is 2. The van der Waals surface area contributed by atoms with Crippen LogP contribution >= 0.6 is 0 Å². The van der Waals surface area contributed by atoms with Crippen molar-refractivity contribution in [3.63, 3.8) is 0 Å². The summed E-state index contributed by atoms with van der Waals surface area (Å²) in [6.45, 7) is 7.62. The Hall–Kier alpha value is -5.23. The number of rotatable bonds is 6. The second-order valence-corrected chi connectivity index (χ2v) is 7.90. The Bertz CT molecular complexity index is 1670. The van der Waals surface area contributed by atoms with Gasteiger partial charge in [-0.3, -0.25) is 9.36 Å². The van der Waals surface area contributed by atoms with Gasteiger partial charge in [0.1, 0.15) is 5.82 Å². The first-order chi connectivity index (χ1) is 17.6. The number of ether oxygens (including phenoxy) is 1. The van der Waals surface area contributed by atoms with Crippen LogP contribution in [0.25, 0.3) is 32.4 Å². The van der Waals surface area contributed by atoms with Crippen molar-refractivity contribution in [2.45, 2.75) is 6.54 Å². The van der Waals surface area contributed by atoms with Crippen molar-refractivity contribution in [1.82, 2.24) is 19.5 Å². The van der Waals surface area contributed by atoms with Crippen LogP contribution in [0.3, 0.4) is 0 Å². The lowest BCUT2D eigenvalue weighted by Crippen LogP contribution is -2.24. The summed E-state index contributed by atoms with van der Waals surface area (Å²) >= 11 is 0. The Balaban J connectivity index is 1.70. The Morgan fingerprint density at radius 3 is 2.69 bits per heavy atom. The van der Waals surface area contributed by atoms with Crippen LogP contribution in [0.15, 0.2) is 83.9 Å². The highest BCUT2D eigenvalue weighted by molar-refractivity contribution is 5.96. The summed E-state index contributed by atoms with van der Waals surface area (Å²) in [4.78, 5) is 29.8. The molecule has 0 amide bonds. The third-order valence-corrected chi connectivity index (χ3v) is 5.74. The maximum absolute atomic E-state index is 14.1. The maximum atomic E-state index is 14.1. The van der Waals surface area contributed by atoms with Gasteiger partial charge in [0, 0.05) is 29.8 Å². The Kier molecular flexibility index (Phi) is 5.99. The number of benzene rings is 2. The molecule has 0 atom stereocenters. The third kappa shape index (κ3) is 4.19. The number of hydrogen-bond acceptors (Lipinski definition) is 7. The molecule has 0 spiro atoms. The van der Waals surface area contributed by atoms with Gasteiger partial charge in [0.25, 0.3) is 5.56 Å². The van der Waals surface area contributed by atoms with Crippen LogP contribution in [-0.4, -0.2) is 26.6 Å². The van der Waals surface area contributed by atoms with E-state index in [2.05, 4.69) is 25.1 Å². The molecule has 0 aliphatic heterocycles. The summed E-state index contributed by atoms with van der Waals surface area (Å²) in [7, 11) is 1.56. The van der Waals surface area contributed by atoms with E-state index < -0.39 is 0 Å². The van der Waals surface area contributed by atoms with Gasteiger partial charge in [-0.1, -0.05) is 36.4 Å². The number of para-hydroxylation sites is 1. The van der Waals surface area contributed by atoms with Gasteiger partial charge in [0.15, 0.2) is 0 Å². The van der Waals surface area contributed by atoms with Gasteiger partial charge >= 0.3 is 0 Å². The fourth-order valence-electron chi connectivity index (χ4n) is 4.11. The number of nitrogens with one attached hydrogen (secondary N) is 1. The molecule has 0 unspecified atom stereocenters. The van der Waals surface area contributed by atoms with Crippen LogP contribution in [0, 0.1) is 6.57 Å². The standard InChI is InChI=1S/C27H21N7O2/c1-29-22-16-32-27(28)33-25(22)31-15-20-13-18-7-6-10-21(17-11-12-30-23(14-17)36-2)24(18)26(35)34(20)19-8-4-3-5-9-19/h3-14,16H,15H2,2H3,(H3,28,31,32,33). The van der Waals surface area contributed by atoms with Crippen molar-refractivity contribution in [1.29, 1.82) is 0 Å². The quantitative estimate of drug-likeness (QED) is 0.345. The van der Waals surface area contributed by atoms with E-state index in [9.17, 15) is 4.79 Å². The highest BCUT2D eigenvalue weighted by Gasteiger charge is 2.16. The molecular weight excluding hydrogens is 454 g/mol. The van der Waals surface area contributed by atoms with Crippen molar-refractivity contribution in [2.24, 2.45) is 0 Å². The fourth-order valence-corrected chi connectivity index (χ4v) is 4.11. The normalized spacial score (nSPS) is 10.7. The average Bonchev–Trinajstić information content (AvgIpc) is 2.92. The molecule has 3 aromatic heterocycles. The van der Waals surface area contributed by atoms with Crippen LogP contribution in [0.1, 0.15) is 5.69 Å². The first kappa shape index (κ1) is 22.6. The zero-order valence-corrected chi connectivity index (χ0v) is 19.3. The zero-order chi connectivity index (χ0) is 25.1. The topological polar surface area (TPSA) is 112 Å². The van der Waals surface area contributed by atoms with Crippen molar-refractivity contribution in [3.05, 3.63) is 107 Å². The molecule has 0 bridgehead atoms. The zero-order valence-electron chi connectivity index (χ0n) is 19.3. The lowest BCUT2D eigenvalue weighted by molar-refractivity contribution is 0.398. The van der Waals surface area contributed by atoms with Gasteiger partial charge in [0.2, 0.25) is 17.5 Å². The second-order valence-electron chi connectivity index (χ2n) is 7.90. The highest BCUT2D eigenvalue weighted by atomic mass is 16.5. The number of nitrogens with two attached hydrogens (primary N) is 1. The van der Waals surface area contributed by atoms with E-state index in [1.165, 1.54) is 6.20 Å². The molecule has 5 aromatic rings. The van der Waals surface area contributed by atoms with Crippen molar-refractivity contribution < 1.29 is 4.74 Å². The first-order valence-electron chi connectivity index (χ1n) is 11.1. The predicted molar refractivity (Wildman–Crippen MR) is 139 cm³/mol. The Morgan fingerprint density at radius 1 is 1.08 bits per heavy atom. The van der Waals surface area contributed by atoms with Gasteiger partial charge in [-0.15, -0.1) is 0 Å². The number of methoxy groups -OCH3 is 1. The van der Waals surface area contributed by atoms with Crippen LogP contribution in [0.2, 0.25) is 0 Å². The smallest absolute Gasteiger partial charge is 0.263 e. The van der Waals surface area contributed by atoms with Gasteiger partial charge < -0.3 is 15.8 Å². The SMILES string of the molecule is [C-]#[N+]c1cnc(N)nc1NCc1cc2cccc(-c3ccnc(OC)c3)c2c(=O)n1-c1ccccc1. The van der Waals surface area contributed by atoms with E-state index in [1.54, 1.807) is 17.9 Å². The molecule has 0 fully saturated rings. The van der Waals surface area contributed by atoms with Crippen LogP contribution < -0.4 is 21.3 Å². The van der Waals surface area contributed by atoms with Gasteiger partial charge in [-0.25, -0.2) is 19.8 Å². The largest absolute Gasteiger partial charge is 0.481 e. The number of fused-ring (bicyclic) bond motifs is 1. The van der Waals surface area contributed by atoms with E-state index in [4.69, 9.17) is 17.0 Å². The van der Waals surface area contributed by atoms with E-state index in [-0.39, 0.29) is 23.7 Å². The number of aromatic nitrogens is 4. The second kappa shape index (κ2) is 9.56. The minimum absolute atomic E-state index is 0.0567. The van der Waals surface area contributed by atoms with Crippen LogP contribution in [0.4, 0.5) is 17.5 Å². The molecule has 3 heterocycles. The summed E-state index contributed by atoms with van der Waals surface area (Å²) in [5.41, 5.74) is 8.82. The molecule has 3 N–H and O–H groups in total. The molecular formula is C27H21N7O2. The molecule has 0 aliphatic carbocycles. The van der Waals surface area contributed by atoms with Gasteiger partial charge in [0.05, 0.1) is 25.6 Å². The summed E-state index contributed by atoms with van der Waals surface area (Å²) in [5.74, 6) is 0.831. The van der Waals surface area contributed by atoms with Crippen LogP contribution in [0.5, 0.6) is 5.88 Å². The molecule has 176 valence electrons. The van der Waals surface area contributed by atoms with Crippen molar-refractivity contribution >= 4 is 28.2 Å². The number of nitrogens with zero attached hydrogens (tertiary/aromatic N) is 5. The summed E-state index contributed by atoms with van der Waals surface area (Å²) in [6, 6.07) is 20.8. The van der Waals surface area contributed by atoms with E-state index in [0.717, 1.165) is 22.2 Å². The molecule has 9 nitrogen and oxygen atoms in total. The fraction of sp³-hybridized carbons (Fsp3) is 0.0741. The van der Waals surface area contributed by atoms with Gasteiger partial charge in [-0.2, -0.15) is 0 Å². The van der Waals surface area contributed by atoms with Gasteiger partial charge in [-0.05, 0) is 40.8 Å². The molecule has 0 saturated heterocycles. The summed E-state index contributed by atoms with van der Waals surface area (Å²) < 4.78 is 6.96. The minimum atomic E-state index is -0.172. The first-order valence-corrected chi connectivity index (χ1v) is 11.1. The molecule has 0 saturated carbocycles. The summed E-state index contributed by atoms with van der Waals surface area (Å²) in [6.07, 6.45) is 3.03. The predicted octanol–water partition coefficient (Wildman–Crippen LogP) is 4.60. The molecule has 2 aromatic carbocycles. The Labute approximate surface area is 206 Å². The van der Waals surface area contributed by atoms with Crippen LogP contribution in [-0.2, 0) is 6.54 Å². The number of nitrogen functional groups attached to an aromatic ring is 1. The lowest BCUT2D eigenvalue weighted by atomic mass is 9.99. The van der Waals surface area contributed by atoms with E-state index >= 15 is 0 Å².